The van der Waals surface area contributed by atoms with E-state index in [4.69, 9.17) is 10.00 Å². The molecule has 0 spiro atoms. The molecule has 2 atom stereocenters. The quantitative estimate of drug-likeness (QED) is 0.744. The predicted molar refractivity (Wildman–Crippen MR) is 119 cm³/mol. The molecule has 1 aromatic carbocycles. The maximum absolute atomic E-state index is 13.3. The number of amides is 2. The van der Waals surface area contributed by atoms with Gasteiger partial charge in [-0.1, -0.05) is 12.1 Å². The molecule has 2 N–H and O–H groups in total. The summed E-state index contributed by atoms with van der Waals surface area (Å²) < 4.78 is 5.48. The third-order valence-electron chi connectivity index (χ3n) is 5.58. The maximum Gasteiger partial charge on any atom is 0.410 e. The van der Waals surface area contributed by atoms with Gasteiger partial charge in [-0.05, 0) is 58.2 Å². The first kappa shape index (κ1) is 23.3. The second kappa shape index (κ2) is 9.43. The topological polar surface area (TPSA) is 111 Å². The number of rotatable bonds is 5. The Kier molecular flexibility index (Phi) is 6.87. The molecule has 0 saturated carbocycles. The number of benzene rings is 1. The van der Waals surface area contributed by atoms with E-state index >= 15 is 0 Å². The third-order valence-corrected chi connectivity index (χ3v) is 5.58. The molecule has 32 heavy (non-hydrogen) atoms. The summed E-state index contributed by atoms with van der Waals surface area (Å²) >= 11 is 0. The first-order chi connectivity index (χ1) is 15.1. The Morgan fingerprint density at radius 3 is 2.59 bits per heavy atom. The monoisotopic (exact) mass is 437 g/mol. The third kappa shape index (κ3) is 5.88. The molecular formula is C24H31N5O3. The van der Waals surface area contributed by atoms with E-state index in [0.29, 0.717) is 31.5 Å². The Hall–Kier alpha value is -3.34. The number of nitriles is 1. The van der Waals surface area contributed by atoms with Crippen LogP contribution in [0.2, 0.25) is 0 Å². The van der Waals surface area contributed by atoms with Gasteiger partial charge in [0, 0.05) is 19.5 Å². The largest absolute Gasteiger partial charge is 0.444 e. The molecule has 170 valence electrons. The summed E-state index contributed by atoms with van der Waals surface area (Å²) in [6.07, 6.45) is 4.88. The predicted octanol–water partition coefficient (Wildman–Crippen LogP) is 3.50. The van der Waals surface area contributed by atoms with Gasteiger partial charge in [0.1, 0.15) is 5.60 Å². The van der Waals surface area contributed by atoms with Crippen LogP contribution in [0.4, 0.5) is 4.79 Å². The zero-order valence-electron chi connectivity index (χ0n) is 19.1. The lowest BCUT2D eigenvalue weighted by Gasteiger charge is -2.36. The molecule has 1 aliphatic rings. The Bertz CT molecular complexity index is 973. The molecule has 0 radical (unpaired) electrons. The molecule has 3 rings (SSSR count). The number of hydrogen-bond donors (Lipinski definition) is 2. The number of H-pyrrole nitrogens is 1. The van der Waals surface area contributed by atoms with Crippen molar-refractivity contribution >= 4 is 12.0 Å². The van der Waals surface area contributed by atoms with Crippen LogP contribution in [0, 0.1) is 17.2 Å². The number of likely N-dealkylation sites (tertiary alicyclic amines) is 1. The van der Waals surface area contributed by atoms with Crippen molar-refractivity contribution in [3.8, 4) is 6.07 Å². The van der Waals surface area contributed by atoms with E-state index in [-0.39, 0.29) is 17.9 Å². The van der Waals surface area contributed by atoms with Crippen molar-refractivity contribution in [1.29, 1.82) is 5.26 Å². The van der Waals surface area contributed by atoms with E-state index < -0.39 is 11.1 Å². The lowest BCUT2D eigenvalue weighted by Crippen LogP contribution is -2.52. The van der Waals surface area contributed by atoms with Gasteiger partial charge < -0.3 is 19.9 Å². The Morgan fingerprint density at radius 1 is 1.28 bits per heavy atom. The zero-order valence-corrected chi connectivity index (χ0v) is 19.1. The van der Waals surface area contributed by atoms with Crippen molar-refractivity contribution in [2.45, 2.75) is 58.1 Å². The van der Waals surface area contributed by atoms with Gasteiger partial charge in [-0.2, -0.15) is 5.26 Å². The molecule has 2 aromatic rings. The van der Waals surface area contributed by atoms with E-state index in [1.54, 1.807) is 29.6 Å². The number of aromatic amines is 1. The SMILES string of the molecule is CC(C)(C)OC(=O)N1CCC[C@H](C(=O)NC(C)(Cc2ccc(C#N)cc2)c2cnc[nH]2)C1. The average molecular weight is 438 g/mol. The molecule has 0 bridgehead atoms. The molecular weight excluding hydrogens is 406 g/mol. The number of nitrogens with one attached hydrogen (secondary N) is 2. The van der Waals surface area contributed by atoms with Crippen LogP contribution in [-0.4, -0.2) is 45.6 Å². The lowest BCUT2D eigenvalue weighted by atomic mass is 9.87. The van der Waals surface area contributed by atoms with Crippen LogP contribution in [0.15, 0.2) is 36.8 Å². The summed E-state index contributed by atoms with van der Waals surface area (Å²) in [7, 11) is 0. The van der Waals surface area contributed by atoms with Gasteiger partial charge in [0.15, 0.2) is 0 Å². The molecule has 2 heterocycles. The van der Waals surface area contributed by atoms with Gasteiger partial charge in [0.25, 0.3) is 0 Å². The fourth-order valence-electron chi connectivity index (χ4n) is 3.93. The molecule has 8 nitrogen and oxygen atoms in total. The first-order valence-corrected chi connectivity index (χ1v) is 10.9. The van der Waals surface area contributed by atoms with Gasteiger partial charge in [0.05, 0.1) is 41.3 Å². The molecule has 8 heteroatoms. The van der Waals surface area contributed by atoms with Gasteiger partial charge in [-0.25, -0.2) is 9.78 Å². The molecule has 1 aliphatic heterocycles. The van der Waals surface area contributed by atoms with Crippen LogP contribution < -0.4 is 5.32 Å². The second-order valence-corrected chi connectivity index (χ2v) is 9.54. The normalized spacial score (nSPS) is 18.3. The van der Waals surface area contributed by atoms with Crippen LogP contribution in [0.25, 0.3) is 0 Å². The number of nitrogens with zero attached hydrogens (tertiary/aromatic N) is 3. The molecule has 1 unspecified atom stereocenters. The van der Waals surface area contributed by atoms with Crippen LogP contribution in [0.3, 0.4) is 0 Å². The van der Waals surface area contributed by atoms with Crippen molar-refractivity contribution in [3.63, 3.8) is 0 Å². The van der Waals surface area contributed by atoms with Crippen molar-refractivity contribution in [2.75, 3.05) is 13.1 Å². The fourth-order valence-corrected chi connectivity index (χ4v) is 3.93. The number of aromatic nitrogens is 2. The Balaban J connectivity index is 1.73. The number of imidazole rings is 1. The first-order valence-electron chi connectivity index (χ1n) is 10.9. The standard InChI is InChI=1S/C24H31N5O3/c1-23(2,3)32-22(31)29-11-5-6-19(15-29)21(30)28-24(4,20-14-26-16-27-20)12-17-7-9-18(13-25)10-8-17/h7-10,14,16,19H,5-6,11-12,15H2,1-4H3,(H,26,27)(H,28,30)/t19-,24?/m0/s1. The number of piperidine rings is 1. The molecule has 2 amide bonds. The number of ether oxygens (including phenoxy) is 1. The highest BCUT2D eigenvalue weighted by Gasteiger charge is 2.36. The van der Waals surface area contributed by atoms with Crippen LogP contribution in [0.1, 0.15) is 57.4 Å². The van der Waals surface area contributed by atoms with Crippen LogP contribution in [0.5, 0.6) is 0 Å². The summed E-state index contributed by atoms with van der Waals surface area (Å²) in [6, 6.07) is 9.44. The van der Waals surface area contributed by atoms with Crippen molar-refractivity contribution < 1.29 is 14.3 Å². The van der Waals surface area contributed by atoms with Gasteiger partial charge in [-0.3, -0.25) is 4.79 Å². The maximum atomic E-state index is 13.3. The highest BCUT2D eigenvalue weighted by atomic mass is 16.6. The summed E-state index contributed by atoms with van der Waals surface area (Å²) in [6.45, 7) is 8.36. The number of carbonyl (C=O) groups is 2. The minimum atomic E-state index is -0.726. The lowest BCUT2D eigenvalue weighted by molar-refractivity contribution is -0.128. The zero-order chi connectivity index (χ0) is 23.4. The van der Waals surface area contributed by atoms with Gasteiger partial charge >= 0.3 is 6.09 Å². The minimum Gasteiger partial charge on any atom is -0.444 e. The van der Waals surface area contributed by atoms with E-state index in [1.807, 2.05) is 39.8 Å². The van der Waals surface area contributed by atoms with Crippen LogP contribution >= 0.6 is 0 Å². The highest BCUT2D eigenvalue weighted by molar-refractivity contribution is 5.81. The smallest absolute Gasteiger partial charge is 0.410 e. The molecule has 1 fully saturated rings. The summed E-state index contributed by atoms with van der Waals surface area (Å²) in [5.74, 6) is -0.427. The van der Waals surface area contributed by atoms with Gasteiger partial charge in [-0.15, -0.1) is 0 Å². The number of carbonyl (C=O) groups excluding carboxylic acids is 2. The van der Waals surface area contributed by atoms with E-state index in [1.165, 1.54) is 0 Å². The Labute approximate surface area is 189 Å². The van der Waals surface area contributed by atoms with E-state index in [0.717, 1.165) is 17.7 Å². The summed E-state index contributed by atoms with van der Waals surface area (Å²) in [5.41, 5.74) is 1.06. The van der Waals surface area contributed by atoms with E-state index in [9.17, 15) is 9.59 Å². The van der Waals surface area contributed by atoms with Gasteiger partial charge in [0.2, 0.25) is 5.91 Å². The minimum absolute atomic E-state index is 0.107. The van der Waals surface area contributed by atoms with Crippen LogP contribution in [-0.2, 0) is 21.5 Å². The molecule has 1 aromatic heterocycles. The van der Waals surface area contributed by atoms with Crippen molar-refractivity contribution in [2.24, 2.45) is 5.92 Å². The highest BCUT2D eigenvalue weighted by Crippen LogP contribution is 2.26. The van der Waals surface area contributed by atoms with E-state index in [2.05, 4.69) is 21.4 Å². The fraction of sp³-hybridized carbons (Fsp3) is 0.500. The summed E-state index contributed by atoms with van der Waals surface area (Å²) in [5, 5.41) is 12.2. The molecule has 0 aliphatic carbocycles. The second-order valence-electron chi connectivity index (χ2n) is 9.54. The number of hydrogen-bond acceptors (Lipinski definition) is 5. The summed E-state index contributed by atoms with van der Waals surface area (Å²) in [4.78, 5) is 34.6. The molecule has 1 saturated heterocycles. The average Bonchev–Trinajstić information content (AvgIpc) is 3.29. The van der Waals surface area contributed by atoms with Crippen molar-refractivity contribution in [3.05, 3.63) is 53.6 Å². The Morgan fingerprint density at radius 2 is 2.00 bits per heavy atom. The van der Waals surface area contributed by atoms with Crippen molar-refractivity contribution in [1.82, 2.24) is 20.2 Å².